The Labute approximate surface area is 442 Å². The van der Waals surface area contributed by atoms with E-state index in [1.807, 2.05) is 13.8 Å². The first-order chi connectivity index (χ1) is 35.4. The van der Waals surface area contributed by atoms with Crippen molar-refractivity contribution in [2.24, 2.45) is 0 Å². The monoisotopic (exact) mass is 1060 g/mol. The highest BCUT2D eigenvalue weighted by Gasteiger charge is 2.64. The lowest BCUT2D eigenvalue weighted by Crippen LogP contribution is -2.59. The fourth-order valence-corrected chi connectivity index (χ4v) is 10.7. The van der Waals surface area contributed by atoms with E-state index < -0.39 is 131 Å². The molecule has 0 aromatic carbocycles. The van der Waals surface area contributed by atoms with Crippen LogP contribution in [-0.4, -0.2) is 149 Å². The van der Waals surface area contributed by atoms with Crippen LogP contribution in [0.25, 0.3) is 0 Å². The SMILES string of the molecule is CCCCCCCCCCCCCCCC(=O)O[C@H]1CN[C@@H]([C@H](O[C@@H]2O[C@H](CNC(=O)OC(C)(C)C)[C@H]3OC(CC)(CC)O[C@@H]23)[C@H]2O[C@@H](n3ccc(=O)[nH]c3=O)[C@@H]3OC(C)(C)O[C@H]23)C(=O)N(C)[C@@H]1C(=O)OC(C)(C)C. The molecule has 21 heteroatoms. The predicted octanol–water partition coefficient (Wildman–Crippen LogP) is 6.42. The third-order valence-electron chi connectivity index (χ3n) is 14.4. The second-order valence-electron chi connectivity index (χ2n) is 23.2. The molecule has 1 aromatic heterocycles. The first-order valence-electron chi connectivity index (χ1n) is 27.8. The number of ether oxygens (including phenoxy) is 10. The molecule has 2 amide bonds. The van der Waals surface area contributed by atoms with Crippen molar-refractivity contribution in [3.05, 3.63) is 33.1 Å². The van der Waals surface area contributed by atoms with Gasteiger partial charge in [0.1, 0.15) is 66.1 Å². The van der Waals surface area contributed by atoms with Crippen LogP contribution in [0.5, 0.6) is 0 Å². The summed E-state index contributed by atoms with van der Waals surface area (Å²) in [6.45, 7) is 19.6. The van der Waals surface area contributed by atoms with Crippen LogP contribution in [0.4, 0.5) is 4.79 Å². The number of hydrogen-bond acceptors (Lipinski definition) is 17. The van der Waals surface area contributed by atoms with Gasteiger partial charge in [-0.3, -0.25) is 29.3 Å². The molecule has 3 N–H and O–H groups in total. The third kappa shape index (κ3) is 16.1. The summed E-state index contributed by atoms with van der Waals surface area (Å²) in [7, 11) is 1.44. The molecule has 0 saturated carbocycles. The van der Waals surface area contributed by atoms with Gasteiger partial charge in [-0.25, -0.2) is 14.4 Å². The number of rotatable bonds is 25. The molecule has 1 aromatic rings. The normalized spacial score (nSPS) is 29.6. The van der Waals surface area contributed by atoms with E-state index in [0.717, 1.165) is 25.7 Å². The summed E-state index contributed by atoms with van der Waals surface area (Å²) < 4.78 is 65.3. The summed E-state index contributed by atoms with van der Waals surface area (Å²) in [4.78, 5) is 85.4. The van der Waals surface area contributed by atoms with Crippen LogP contribution < -0.4 is 21.9 Å². The van der Waals surface area contributed by atoms with Crippen molar-refractivity contribution < 1.29 is 66.5 Å². The molecule has 21 nitrogen and oxygen atoms in total. The molecular formula is C54H89N5O16. The lowest BCUT2D eigenvalue weighted by molar-refractivity contribution is -0.275. The Morgan fingerprint density at radius 1 is 0.773 bits per heavy atom. The van der Waals surface area contributed by atoms with E-state index in [2.05, 4.69) is 22.5 Å². The number of aromatic amines is 1. The van der Waals surface area contributed by atoms with Crippen LogP contribution in [0.3, 0.4) is 0 Å². The number of carbonyl (C=O) groups is 4. The molecule has 0 bridgehead atoms. The highest BCUT2D eigenvalue weighted by molar-refractivity contribution is 5.89. The van der Waals surface area contributed by atoms with Gasteiger partial charge in [0, 0.05) is 38.8 Å². The average Bonchev–Trinajstić information content (AvgIpc) is 4.03. The summed E-state index contributed by atoms with van der Waals surface area (Å²) in [5.74, 6) is -4.23. The van der Waals surface area contributed by atoms with Gasteiger partial charge in [-0.15, -0.1) is 0 Å². The van der Waals surface area contributed by atoms with Crippen molar-refractivity contribution in [1.29, 1.82) is 0 Å². The first kappa shape index (κ1) is 60.3. The van der Waals surface area contributed by atoms with Crippen molar-refractivity contribution in [3.8, 4) is 0 Å². The number of likely N-dealkylation sites (N-methyl/N-ethyl adjacent to an activating group) is 1. The van der Waals surface area contributed by atoms with Crippen molar-refractivity contribution >= 4 is 23.9 Å². The minimum absolute atomic E-state index is 0.0618. The molecule has 5 saturated heterocycles. The fraction of sp³-hybridized carbons (Fsp3) is 0.852. The summed E-state index contributed by atoms with van der Waals surface area (Å²) >= 11 is 0. The van der Waals surface area contributed by atoms with Gasteiger partial charge in [-0.05, 0) is 74.7 Å². The number of aromatic nitrogens is 2. The van der Waals surface area contributed by atoms with E-state index >= 15 is 4.79 Å². The van der Waals surface area contributed by atoms with E-state index in [-0.39, 0.29) is 19.5 Å². The second-order valence-corrected chi connectivity index (χ2v) is 23.2. The lowest BCUT2D eigenvalue weighted by atomic mass is 9.98. The van der Waals surface area contributed by atoms with Gasteiger partial charge in [0.05, 0.1) is 0 Å². The van der Waals surface area contributed by atoms with Crippen LogP contribution in [0.2, 0.25) is 0 Å². The van der Waals surface area contributed by atoms with Crippen molar-refractivity contribution in [1.82, 2.24) is 25.1 Å². The highest BCUT2D eigenvalue weighted by atomic mass is 16.8. The fourth-order valence-electron chi connectivity index (χ4n) is 10.7. The Hall–Kier alpha value is -3.96. The molecule has 0 spiro atoms. The topological polar surface area (TPSA) is 243 Å². The maximum Gasteiger partial charge on any atom is 0.407 e. The lowest BCUT2D eigenvalue weighted by Gasteiger charge is -2.37. The van der Waals surface area contributed by atoms with Crippen molar-refractivity contribution in [3.63, 3.8) is 0 Å². The number of hydrogen-bond donors (Lipinski definition) is 3. The maximum atomic E-state index is 15.3. The molecule has 5 fully saturated rings. The largest absolute Gasteiger partial charge is 0.458 e. The van der Waals surface area contributed by atoms with Crippen LogP contribution in [0, 0.1) is 0 Å². The number of amides is 2. The van der Waals surface area contributed by atoms with E-state index in [0.29, 0.717) is 19.3 Å². The van der Waals surface area contributed by atoms with Gasteiger partial charge < -0.3 is 57.6 Å². The average molecular weight is 1060 g/mol. The number of unbranched alkanes of at least 4 members (excludes halogenated alkanes) is 12. The Morgan fingerprint density at radius 3 is 1.95 bits per heavy atom. The molecule has 6 heterocycles. The van der Waals surface area contributed by atoms with Crippen LogP contribution in [0.15, 0.2) is 21.9 Å². The third-order valence-corrected chi connectivity index (χ3v) is 14.4. The molecule has 5 aliphatic rings. The smallest absolute Gasteiger partial charge is 0.407 e. The summed E-state index contributed by atoms with van der Waals surface area (Å²) in [5.41, 5.74) is -3.15. The van der Waals surface area contributed by atoms with Crippen LogP contribution >= 0.6 is 0 Å². The molecule has 0 unspecified atom stereocenters. The molecule has 75 heavy (non-hydrogen) atoms. The Bertz CT molecular complexity index is 2170. The molecule has 0 aliphatic carbocycles. The number of alkyl carbamates (subject to hydrolysis) is 1. The van der Waals surface area contributed by atoms with E-state index in [9.17, 15) is 24.0 Å². The van der Waals surface area contributed by atoms with Gasteiger partial charge >= 0.3 is 23.7 Å². The van der Waals surface area contributed by atoms with E-state index in [1.165, 1.54) is 80.1 Å². The zero-order valence-electron chi connectivity index (χ0n) is 46.7. The summed E-state index contributed by atoms with van der Waals surface area (Å²) in [6.07, 6.45) is 5.73. The van der Waals surface area contributed by atoms with Gasteiger partial charge in [-0.1, -0.05) is 97.8 Å². The summed E-state index contributed by atoms with van der Waals surface area (Å²) in [5, 5.41) is 6.06. The zero-order chi connectivity index (χ0) is 54.9. The standard InChI is InChI=1S/C54H89N5O16/c1-13-16-17-18-19-20-21-22-23-24-25-26-27-28-36(61)66-33-31-55-37(45(62)58(12)38(33)47(63)74-51(4,5)6)40(41-42-43(71-53(10,11)70-42)46(68-41)59-30-29-35(60)57-49(59)64)69-48-44-39(72-54(14-2,15-3)73-44)34(67-48)32-56-50(65)75-52(7,8)9/h29-30,33-34,37-44,46,48,55H,13-28,31-32H2,1-12H3,(H,56,65)(H,57,60,64)/t33-,34+,37-,38-,39+,40-,41+,42+,43+,44+,46+,48-/m0/s1. The number of esters is 2. The number of nitrogens with one attached hydrogen (secondary N) is 3. The Kier molecular flexibility index (Phi) is 21.0. The van der Waals surface area contributed by atoms with Gasteiger partial charge in [0.2, 0.25) is 5.91 Å². The molecule has 0 radical (unpaired) electrons. The minimum atomic E-state index is -1.40. The second kappa shape index (κ2) is 26.1. The first-order valence-corrected chi connectivity index (χ1v) is 27.8. The summed E-state index contributed by atoms with van der Waals surface area (Å²) in [6, 6.07) is -1.61. The predicted molar refractivity (Wildman–Crippen MR) is 274 cm³/mol. The van der Waals surface area contributed by atoms with Gasteiger partial charge in [-0.2, -0.15) is 0 Å². The molecule has 5 aliphatic heterocycles. The molecule has 12 atom stereocenters. The quantitative estimate of drug-likeness (QED) is 0.0543. The van der Waals surface area contributed by atoms with Crippen LogP contribution in [-0.2, 0) is 61.8 Å². The maximum absolute atomic E-state index is 15.3. The van der Waals surface area contributed by atoms with Gasteiger partial charge in [0.25, 0.3) is 5.56 Å². The van der Waals surface area contributed by atoms with E-state index in [4.69, 9.17) is 47.4 Å². The number of nitrogens with zero attached hydrogens (tertiary/aromatic N) is 2. The van der Waals surface area contributed by atoms with Gasteiger partial charge in [0.15, 0.2) is 30.1 Å². The molecule has 426 valence electrons. The molecule has 6 rings (SSSR count). The Morgan fingerprint density at radius 2 is 1.36 bits per heavy atom. The molecular weight excluding hydrogens is 975 g/mol. The Balaban J connectivity index is 1.28. The highest BCUT2D eigenvalue weighted by Crippen LogP contribution is 2.47. The number of H-pyrrole nitrogens is 1. The van der Waals surface area contributed by atoms with Crippen molar-refractivity contribution in [2.45, 2.75) is 275 Å². The minimum Gasteiger partial charge on any atom is -0.458 e. The zero-order valence-corrected chi connectivity index (χ0v) is 46.7. The van der Waals surface area contributed by atoms with E-state index in [1.54, 1.807) is 55.4 Å². The van der Waals surface area contributed by atoms with Crippen molar-refractivity contribution in [2.75, 3.05) is 20.1 Å². The van der Waals surface area contributed by atoms with Crippen LogP contribution in [0.1, 0.15) is 185 Å². The number of carbonyl (C=O) groups excluding carboxylic acids is 4. The number of fused-ring (bicyclic) bond motifs is 2.